The predicted molar refractivity (Wildman–Crippen MR) is 72.5 cm³/mol. The Bertz CT molecular complexity index is 422. The number of hydrogen-bond acceptors (Lipinski definition) is 5. The van der Waals surface area contributed by atoms with Crippen LogP contribution in [0.1, 0.15) is 6.92 Å². The first-order chi connectivity index (χ1) is 9.15. The summed E-state index contributed by atoms with van der Waals surface area (Å²) in [6.07, 6.45) is 0. The van der Waals surface area contributed by atoms with Gasteiger partial charge in [0.15, 0.2) is 0 Å². The predicted octanol–water partition coefficient (Wildman–Crippen LogP) is 1.27. The lowest BCUT2D eigenvalue weighted by atomic mass is 10.2. The maximum atomic E-state index is 10.5. The molecule has 1 N–H and O–H groups in total. The van der Waals surface area contributed by atoms with E-state index in [1.54, 1.807) is 12.1 Å². The number of benzene rings is 1. The molecule has 0 saturated carbocycles. The molecule has 2 rings (SSSR count). The van der Waals surface area contributed by atoms with Gasteiger partial charge in [-0.3, -0.25) is 15.0 Å². The Kier molecular flexibility index (Phi) is 4.70. The number of ether oxygens (including phenoxy) is 1. The Balaban J connectivity index is 1.74. The van der Waals surface area contributed by atoms with Gasteiger partial charge in [0.05, 0.1) is 4.92 Å². The Morgan fingerprint density at radius 2 is 2.21 bits per heavy atom. The number of rotatable bonds is 5. The molecule has 19 heavy (non-hydrogen) atoms. The summed E-state index contributed by atoms with van der Waals surface area (Å²) in [7, 11) is 0. The van der Waals surface area contributed by atoms with Crippen molar-refractivity contribution in [1.82, 2.24) is 10.2 Å². The van der Waals surface area contributed by atoms with Crippen molar-refractivity contribution < 1.29 is 9.66 Å². The van der Waals surface area contributed by atoms with Crippen LogP contribution in [0.25, 0.3) is 0 Å². The van der Waals surface area contributed by atoms with E-state index in [-0.39, 0.29) is 5.69 Å². The normalized spacial score (nSPS) is 20.2. The second-order valence-corrected chi connectivity index (χ2v) is 4.76. The average molecular weight is 265 g/mol. The summed E-state index contributed by atoms with van der Waals surface area (Å²) in [6, 6.07) is 6.72. The van der Waals surface area contributed by atoms with Gasteiger partial charge in [-0.2, -0.15) is 0 Å². The van der Waals surface area contributed by atoms with Crippen LogP contribution < -0.4 is 10.1 Å². The van der Waals surface area contributed by atoms with Gasteiger partial charge < -0.3 is 10.1 Å². The Hall–Kier alpha value is -1.66. The van der Waals surface area contributed by atoms with Crippen LogP contribution in [0.5, 0.6) is 5.75 Å². The molecule has 0 amide bonds. The lowest BCUT2D eigenvalue weighted by molar-refractivity contribution is -0.384. The molecule has 0 spiro atoms. The Morgan fingerprint density at radius 3 is 2.84 bits per heavy atom. The Labute approximate surface area is 112 Å². The van der Waals surface area contributed by atoms with E-state index in [4.69, 9.17) is 4.74 Å². The second-order valence-electron chi connectivity index (χ2n) is 4.76. The van der Waals surface area contributed by atoms with Gasteiger partial charge in [0.2, 0.25) is 0 Å². The molecule has 1 fully saturated rings. The number of piperazine rings is 1. The van der Waals surface area contributed by atoms with Gasteiger partial charge >= 0.3 is 0 Å². The largest absolute Gasteiger partial charge is 0.492 e. The summed E-state index contributed by atoms with van der Waals surface area (Å²) >= 11 is 0. The monoisotopic (exact) mass is 265 g/mol. The van der Waals surface area contributed by atoms with Crippen molar-refractivity contribution in [1.29, 1.82) is 0 Å². The topological polar surface area (TPSA) is 67.6 Å². The van der Waals surface area contributed by atoms with Crippen molar-refractivity contribution in [2.24, 2.45) is 0 Å². The fourth-order valence-corrected chi connectivity index (χ4v) is 2.17. The van der Waals surface area contributed by atoms with Crippen LogP contribution >= 0.6 is 0 Å². The lowest BCUT2D eigenvalue weighted by Gasteiger charge is -2.31. The summed E-state index contributed by atoms with van der Waals surface area (Å²) in [4.78, 5) is 12.5. The van der Waals surface area contributed by atoms with E-state index >= 15 is 0 Å². The van der Waals surface area contributed by atoms with E-state index in [1.165, 1.54) is 12.1 Å². The summed E-state index contributed by atoms with van der Waals surface area (Å²) in [5, 5.41) is 13.9. The molecule has 0 aliphatic carbocycles. The molecule has 1 saturated heterocycles. The first-order valence-electron chi connectivity index (χ1n) is 6.48. The molecule has 1 aliphatic heterocycles. The fraction of sp³-hybridized carbons (Fsp3) is 0.538. The van der Waals surface area contributed by atoms with E-state index < -0.39 is 4.92 Å². The number of nitro benzene ring substituents is 1. The van der Waals surface area contributed by atoms with E-state index in [0.717, 1.165) is 26.2 Å². The van der Waals surface area contributed by atoms with Crippen LogP contribution in [0, 0.1) is 10.1 Å². The number of nitrogens with zero attached hydrogens (tertiary/aromatic N) is 2. The van der Waals surface area contributed by atoms with Crippen LogP contribution in [-0.4, -0.2) is 48.7 Å². The highest BCUT2D eigenvalue weighted by molar-refractivity contribution is 5.35. The molecule has 1 aliphatic rings. The minimum Gasteiger partial charge on any atom is -0.492 e. The van der Waals surface area contributed by atoms with Crippen LogP contribution in [-0.2, 0) is 0 Å². The van der Waals surface area contributed by atoms with Gasteiger partial charge in [-0.25, -0.2) is 0 Å². The number of nitro groups is 1. The van der Waals surface area contributed by atoms with Crippen LogP contribution in [0.4, 0.5) is 5.69 Å². The molecule has 6 nitrogen and oxygen atoms in total. The van der Waals surface area contributed by atoms with E-state index in [9.17, 15) is 10.1 Å². The molecule has 0 bridgehead atoms. The molecular formula is C13H19N3O3. The summed E-state index contributed by atoms with van der Waals surface area (Å²) in [5.41, 5.74) is 0.0864. The van der Waals surface area contributed by atoms with Crippen molar-refractivity contribution in [3.8, 4) is 5.75 Å². The van der Waals surface area contributed by atoms with Gasteiger partial charge in [-0.15, -0.1) is 0 Å². The van der Waals surface area contributed by atoms with Gasteiger partial charge in [0, 0.05) is 44.4 Å². The van der Waals surface area contributed by atoms with E-state index in [1.807, 2.05) is 0 Å². The molecular weight excluding hydrogens is 246 g/mol. The summed E-state index contributed by atoms with van der Waals surface area (Å²) in [5.74, 6) is 0.675. The minimum absolute atomic E-state index is 0.0864. The first-order valence-corrected chi connectivity index (χ1v) is 6.48. The highest BCUT2D eigenvalue weighted by Gasteiger charge is 2.14. The maximum Gasteiger partial charge on any atom is 0.269 e. The molecule has 1 atom stereocenters. The molecule has 104 valence electrons. The first kappa shape index (κ1) is 13.8. The van der Waals surface area contributed by atoms with Crippen molar-refractivity contribution in [3.63, 3.8) is 0 Å². The zero-order valence-electron chi connectivity index (χ0n) is 11.0. The van der Waals surface area contributed by atoms with Crippen molar-refractivity contribution >= 4 is 5.69 Å². The zero-order chi connectivity index (χ0) is 13.7. The molecule has 0 unspecified atom stereocenters. The van der Waals surface area contributed by atoms with Crippen molar-refractivity contribution in [2.45, 2.75) is 13.0 Å². The number of non-ortho nitro benzene ring substituents is 1. The summed E-state index contributed by atoms with van der Waals surface area (Å²) < 4.78 is 5.59. The van der Waals surface area contributed by atoms with Crippen LogP contribution in [0.15, 0.2) is 24.3 Å². The van der Waals surface area contributed by atoms with Gasteiger partial charge in [-0.05, 0) is 19.1 Å². The highest BCUT2D eigenvalue weighted by atomic mass is 16.6. The van der Waals surface area contributed by atoms with Crippen molar-refractivity contribution in [3.05, 3.63) is 34.4 Å². The molecule has 6 heteroatoms. The van der Waals surface area contributed by atoms with Crippen LogP contribution in [0.3, 0.4) is 0 Å². The third-order valence-corrected chi connectivity index (χ3v) is 3.18. The van der Waals surface area contributed by atoms with Gasteiger partial charge in [-0.1, -0.05) is 0 Å². The van der Waals surface area contributed by atoms with E-state index in [0.29, 0.717) is 18.4 Å². The minimum atomic E-state index is -0.411. The quantitative estimate of drug-likeness (QED) is 0.641. The lowest BCUT2D eigenvalue weighted by Crippen LogP contribution is -2.50. The standard InChI is InChI=1S/C13H19N3O3/c1-11-10-15(7-6-14-11)8-9-19-13-4-2-12(3-5-13)16(17)18/h2-5,11,14H,6-10H2,1H3/t11-/m1/s1. The fourth-order valence-electron chi connectivity index (χ4n) is 2.17. The maximum absolute atomic E-state index is 10.5. The SMILES string of the molecule is C[C@@H]1CN(CCOc2ccc([N+](=O)[O-])cc2)CCN1. The number of nitrogens with one attached hydrogen (secondary N) is 1. The molecule has 1 heterocycles. The second kappa shape index (κ2) is 6.49. The summed E-state index contributed by atoms with van der Waals surface area (Å²) in [6.45, 7) is 6.73. The Morgan fingerprint density at radius 1 is 1.47 bits per heavy atom. The third-order valence-electron chi connectivity index (χ3n) is 3.18. The number of hydrogen-bond donors (Lipinski definition) is 1. The van der Waals surface area contributed by atoms with Gasteiger partial charge in [0.25, 0.3) is 5.69 Å². The third kappa shape index (κ3) is 4.18. The highest BCUT2D eigenvalue weighted by Crippen LogP contribution is 2.17. The smallest absolute Gasteiger partial charge is 0.269 e. The molecule has 0 aromatic heterocycles. The molecule has 0 radical (unpaired) electrons. The molecule has 1 aromatic rings. The van der Waals surface area contributed by atoms with E-state index in [2.05, 4.69) is 17.1 Å². The van der Waals surface area contributed by atoms with Crippen molar-refractivity contribution in [2.75, 3.05) is 32.8 Å². The molecule has 1 aromatic carbocycles. The van der Waals surface area contributed by atoms with Gasteiger partial charge in [0.1, 0.15) is 12.4 Å². The van der Waals surface area contributed by atoms with Crippen LogP contribution in [0.2, 0.25) is 0 Å². The average Bonchev–Trinajstić information content (AvgIpc) is 2.39. The zero-order valence-corrected chi connectivity index (χ0v) is 11.0.